The number of ketones is 1. The summed E-state index contributed by atoms with van der Waals surface area (Å²) in [6.45, 7) is 0.978. The molecule has 0 spiro atoms. The highest BCUT2D eigenvalue weighted by Gasteiger charge is 2.11. The van der Waals surface area contributed by atoms with Crippen LogP contribution in [0.1, 0.15) is 24.8 Å². The number of Topliss-reactive ketones (excluding diaryl/α,β-unsaturated/α-hetero) is 1. The second-order valence-electron chi connectivity index (χ2n) is 4.17. The molecule has 0 atom stereocenters. The summed E-state index contributed by atoms with van der Waals surface area (Å²) in [7, 11) is 0. The first-order chi connectivity index (χ1) is 7.86. The van der Waals surface area contributed by atoms with Gasteiger partial charge in [-0.25, -0.2) is 0 Å². The van der Waals surface area contributed by atoms with Gasteiger partial charge in [0.25, 0.3) is 0 Å². The highest BCUT2D eigenvalue weighted by Crippen LogP contribution is 2.13. The van der Waals surface area contributed by atoms with Crippen molar-refractivity contribution < 1.29 is 4.79 Å². The summed E-state index contributed by atoms with van der Waals surface area (Å²) >= 11 is 0. The van der Waals surface area contributed by atoms with Crippen molar-refractivity contribution >= 4 is 5.78 Å². The van der Waals surface area contributed by atoms with Gasteiger partial charge in [0.2, 0.25) is 0 Å². The minimum absolute atomic E-state index is 0.288. The van der Waals surface area contributed by atoms with Crippen molar-refractivity contribution in [3.8, 4) is 0 Å². The van der Waals surface area contributed by atoms with Crippen LogP contribution in [0.2, 0.25) is 0 Å². The van der Waals surface area contributed by atoms with Crippen molar-refractivity contribution in [2.75, 3.05) is 6.54 Å². The summed E-state index contributed by atoms with van der Waals surface area (Å²) in [5.74, 6) is 0.288. The number of carbonyl (C=O) groups is 1. The van der Waals surface area contributed by atoms with E-state index in [0.717, 1.165) is 31.4 Å². The number of allylic oxidation sites excluding steroid dienone is 1. The molecule has 0 unspecified atom stereocenters. The van der Waals surface area contributed by atoms with Gasteiger partial charge in [-0.2, -0.15) is 0 Å². The molecule has 2 heteroatoms. The van der Waals surface area contributed by atoms with Crippen LogP contribution < -0.4 is 5.32 Å². The van der Waals surface area contributed by atoms with Crippen molar-refractivity contribution in [2.24, 2.45) is 0 Å². The minimum atomic E-state index is 0.288. The lowest BCUT2D eigenvalue weighted by Crippen LogP contribution is -2.17. The maximum atomic E-state index is 11.9. The molecule has 1 N–H and O–H groups in total. The summed E-state index contributed by atoms with van der Waals surface area (Å²) in [4.78, 5) is 11.9. The summed E-state index contributed by atoms with van der Waals surface area (Å²) < 4.78 is 0. The smallest absolute Gasteiger partial charge is 0.160 e. The number of benzene rings is 1. The zero-order valence-corrected chi connectivity index (χ0v) is 9.41. The molecular formula is C14H17NO. The van der Waals surface area contributed by atoms with Crippen LogP contribution in [0.5, 0.6) is 0 Å². The Bertz CT molecular complexity index is 381. The van der Waals surface area contributed by atoms with E-state index in [0.29, 0.717) is 6.42 Å². The molecule has 0 aromatic heterocycles. The number of hydrogen-bond donors (Lipinski definition) is 1. The standard InChI is InChI=1S/C14H17NO/c16-14-8-4-5-9-15-11-13(14)10-12-6-2-1-3-7-12/h1-3,6-7,11,15H,4-5,8-10H2/b13-11-. The van der Waals surface area contributed by atoms with Gasteiger partial charge in [0, 0.05) is 31.2 Å². The number of nitrogens with one attached hydrogen (secondary N) is 1. The highest BCUT2D eigenvalue weighted by atomic mass is 16.1. The quantitative estimate of drug-likeness (QED) is 0.821. The third-order valence-corrected chi connectivity index (χ3v) is 2.85. The molecule has 0 saturated heterocycles. The van der Waals surface area contributed by atoms with Crippen LogP contribution in [0.3, 0.4) is 0 Å². The average Bonchev–Trinajstić information content (AvgIpc) is 2.30. The Morgan fingerprint density at radius 2 is 1.94 bits per heavy atom. The van der Waals surface area contributed by atoms with Crippen LogP contribution in [0, 0.1) is 0 Å². The fraction of sp³-hybridized carbons (Fsp3) is 0.357. The fourth-order valence-electron chi connectivity index (χ4n) is 1.91. The van der Waals surface area contributed by atoms with E-state index >= 15 is 0 Å². The van der Waals surface area contributed by atoms with E-state index < -0.39 is 0 Å². The summed E-state index contributed by atoms with van der Waals surface area (Å²) in [5.41, 5.74) is 2.11. The van der Waals surface area contributed by atoms with Gasteiger partial charge in [0.15, 0.2) is 5.78 Å². The molecule has 0 bridgehead atoms. The lowest BCUT2D eigenvalue weighted by Gasteiger charge is -2.11. The summed E-state index contributed by atoms with van der Waals surface area (Å²) in [6, 6.07) is 10.1. The van der Waals surface area contributed by atoms with Gasteiger partial charge >= 0.3 is 0 Å². The molecule has 0 saturated carbocycles. The second kappa shape index (κ2) is 5.50. The monoisotopic (exact) mass is 215 g/mol. The Morgan fingerprint density at radius 1 is 1.12 bits per heavy atom. The first kappa shape index (κ1) is 10.9. The maximum Gasteiger partial charge on any atom is 0.160 e. The van der Waals surface area contributed by atoms with Gasteiger partial charge < -0.3 is 5.32 Å². The van der Waals surface area contributed by atoms with Crippen LogP contribution in [0.15, 0.2) is 42.1 Å². The third kappa shape index (κ3) is 2.96. The molecular weight excluding hydrogens is 198 g/mol. The van der Waals surface area contributed by atoms with E-state index in [-0.39, 0.29) is 5.78 Å². The van der Waals surface area contributed by atoms with E-state index in [1.54, 1.807) is 0 Å². The third-order valence-electron chi connectivity index (χ3n) is 2.85. The Morgan fingerprint density at radius 3 is 2.75 bits per heavy atom. The Labute approximate surface area is 96.4 Å². The van der Waals surface area contributed by atoms with Crippen LogP contribution in [-0.4, -0.2) is 12.3 Å². The Balaban J connectivity index is 2.09. The van der Waals surface area contributed by atoms with Crippen LogP contribution in [0.25, 0.3) is 0 Å². The van der Waals surface area contributed by atoms with Crippen LogP contribution in [-0.2, 0) is 11.2 Å². The average molecular weight is 215 g/mol. The van der Waals surface area contributed by atoms with Crippen molar-refractivity contribution in [3.63, 3.8) is 0 Å². The molecule has 2 rings (SSSR count). The lowest BCUT2D eigenvalue weighted by molar-refractivity contribution is -0.115. The van der Waals surface area contributed by atoms with Crippen molar-refractivity contribution in [2.45, 2.75) is 25.7 Å². The minimum Gasteiger partial charge on any atom is -0.391 e. The molecule has 0 radical (unpaired) electrons. The SMILES string of the molecule is O=C1CCCCN/C=C\1Cc1ccccc1. The molecule has 0 aliphatic carbocycles. The molecule has 0 amide bonds. The maximum absolute atomic E-state index is 11.9. The predicted octanol–water partition coefficient (Wildman–Crippen LogP) is 2.46. The van der Waals surface area contributed by atoms with Gasteiger partial charge in [0.05, 0.1) is 0 Å². The molecule has 1 aliphatic rings. The molecule has 2 nitrogen and oxygen atoms in total. The first-order valence-electron chi connectivity index (χ1n) is 5.86. The molecule has 84 valence electrons. The Kier molecular flexibility index (Phi) is 3.76. The summed E-state index contributed by atoms with van der Waals surface area (Å²) in [5, 5.41) is 3.21. The van der Waals surface area contributed by atoms with E-state index in [4.69, 9.17) is 0 Å². The number of carbonyl (C=O) groups excluding carboxylic acids is 1. The van der Waals surface area contributed by atoms with Gasteiger partial charge in [-0.3, -0.25) is 4.79 Å². The number of rotatable bonds is 2. The lowest BCUT2D eigenvalue weighted by atomic mass is 9.98. The Hall–Kier alpha value is -1.57. The van der Waals surface area contributed by atoms with Gasteiger partial charge in [0.1, 0.15) is 0 Å². The molecule has 1 heterocycles. The van der Waals surface area contributed by atoms with Crippen LogP contribution >= 0.6 is 0 Å². The van der Waals surface area contributed by atoms with E-state index in [1.165, 1.54) is 5.56 Å². The summed E-state index contributed by atoms with van der Waals surface area (Å²) in [6.07, 6.45) is 5.42. The van der Waals surface area contributed by atoms with Gasteiger partial charge in [-0.05, 0) is 18.4 Å². The zero-order chi connectivity index (χ0) is 11.2. The first-order valence-corrected chi connectivity index (χ1v) is 5.86. The highest BCUT2D eigenvalue weighted by molar-refractivity contribution is 5.95. The molecule has 1 aromatic rings. The largest absolute Gasteiger partial charge is 0.391 e. The van der Waals surface area contributed by atoms with Crippen molar-refractivity contribution in [3.05, 3.63) is 47.7 Å². The van der Waals surface area contributed by atoms with E-state index in [2.05, 4.69) is 17.4 Å². The molecule has 1 aliphatic heterocycles. The molecule has 0 fully saturated rings. The predicted molar refractivity (Wildman–Crippen MR) is 65.1 cm³/mol. The van der Waals surface area contributed by atoms with Gasteiger partial charge in [-0.15, -0.1) is 0 Å². The number of hydrogen-bond acceptors (Lipinski definition) is 2. The molecule has 1 aromatic carbocycles. The van der Waals surface area contributed by atoms with E-state index in [9.17, 15) is 4.79 Å². The fourth-order valence-corrected chi connectivity index (χ4v) is 1.91. The second-order valence-corrected chi connectivity index (χ2v) is 4.17. The van der Waals surface area contributed by atoms with Crippen molar-refractivity contribution in [1.29, 1.82) is 0 Å². The van der Waals surface area contributed by atoms with Crippen molar-refractivity contribution in [1.82, 2.24) is 5.32 Å². The molecule has 16 heavy (non-hydrogen) atoms. The zero-order valence-electron chi connectivity index (χ0n) is 9.41. The van der Waals surface area contributed by atoms with Gasteiger partial charge in [-0.1, -0.05) is 30.3 Å². The normalized spacial score (nSPS) is 20.2. The van der Waals surface area contributed by atoms with Crippen LogP contribution in [0.4, 0.5) is 0 Å². The van der Waals surface area contributed by atoms with E-state index in [1.807, 2.05) is 24.4 Å². The topological polar surface area (TPSA) is 29.1 Å².